The van der Waals surface area contributed by atoms with Crippen molar-refractivity contribution in [2.75, 3.05) is 7.11 Å². The van der Waals surface area contributed by atoms with Crippen molar-refractivity contribution in [2.45, 2.75) is 13.3 Å². The van der Waals surface area contributed by atoms with Gasteiger partial charge in [0.1, 0.15) is 5.75 Å². The van der Waals surface area contributed by atoms with Crippen LogP contribution in [0.15, 0.2) is 60.2 Å². The fourth-order valence-corrected chi connectivity index (χ4v) is 1.86. The predicted molar refractivity (Wildman–Crippen MR) is 91.8 cm³/mol. The molecule has 3 heteroatoms. The zero-order chi connectivity index (χ0) is 17.4. The van der Waals surface area contributed by atoms with Crippen molar-refractivity contribution in [2.24, 2.45) is 0 Å². The molecule has 0 heterocycles. The molecule has 0 aliphatic heterocycles. The number of rotatable bonds is 2. The number of aryl methyl sites for hydroxylation is 1. The Morgan fingerprint density at radius 2 is 1.29 bits per heavy atom. The molecule has 0 aliphatic carbocycles. The Bertz CT molecular complexity index is 766. The van der Waals surface area contributed by atoms with E-state index in [0.29, 0.717) is 16.9 Å². The van der Waals surface area contributed by atoms with Crippen molar-refractivity contribution in [3.8, 4) is 29.4 Å². The summed E-state index contributed by atoms with van der Waals surface area (Å²) < 4.78 is 32.3. The zero-order valence-electron chi connectivity index (χ0n) is 13.5. The first-order valence-corrected chi connectivity index (χ1v) is 7.44. The number of methoxy groups -OCH3 is 1. The third-order valence-electron chi connectivity index (χ3n) is 3.28. The normalized spacial score (nSPS) is 10.7. The van der Waals surface area contributed by atoms with Gasteiger partial charge in [0.05, 0.1) is 7.11 Å². The summed E-state index contributed by atoms with van der Waals surface area (Å²) in [6.45, 7) is 2.04. The minimum absolute atomic E-state index is 0.557. The van der Waals surface area contributed by atoms with E-state index in [1.807, 2.05) is 19.1 Å². The minimum atomic E-state index is -1.18. The van der Waals surface area contributed by atoms with Crippen LogP contribution in [0.4, 0.5) is 8.78 Å². The molecule has 0 aromatic heterocycles. The molecule has 0 unspecified atom stereocenters. The van der Waals surface area contributed by atoms with Gasteiger partial charge >= 0.3 is 0 Å². The maximum absolute atomic E-state index is 13.7. The molecule has 0 spiro atoms. The van der Waals surface area contributed by atoms with Gasteiger partial charge in [0.15, 0.2) is 0 Å². The highest BCUT2D eigenvalue weighted by atomic mass is 19.2. The first-order valence-electron chi connectivity index (χ1n) is 7.44. The van der Waals surface area contributed by atoms with E-state index in [1.54, 1.807) is 43.5 Å². The molecule has 2 aromatic rings. The fourth-order valence-electron chi connectivity index (χ4n) is 1.86. The topological polar surface area (TPSA) is 9.23 Å². The molecule has 0 radical (unpaired) electrons. The molecule has 0 bridgehead atoms. The van der Waals surface area contributed by atoms with E-state index >= 15 is 0 Å². The summed E-state index contributed by atoms with van der Waals surface area (Å²) in [6, 6.07) is 14.1. The molecule has 2 aromatic carbocycles. The van der Waals surface area contributed by atoms with Gasteiger partial charge in [0, 0.05) is 11.1 Å². The Morgan fingerprint density at radius 1 is 0.833 bits per heavy atom. The Labute approximate surface area is 141 Å². The number of benzene rings is 2. The summed E-state index contributed by atoms with van der Waals surface area (Å²) in [7, 11) is 1.55. The molecule has 0 N–H and O–H groups in total. The zero-order valence-corrected chi connectivity index (χ0v) is 13.5. The average molecular weight is 322 g/mol. The Balaban J connectivity index is 2.13. The summed E-state index contributed by atoms with van der Waals surface area (Å²) in [5.41, 5.74) is 2.34. The number of ether oxygens (including phenoxy) is 1. The molecule has 2 rings (SSSR count). The van der Waals surface area contributed by atoms with E-state index in [4.69, 9.17) is 4.74 Å². The highest BCUT2D eigenvalue weighted by molar-refractivity contribution is 5.46. The van der Waals surface area contributed by atoms with Gasteiger partial charge < -0.3 is 4.74 Å². The van der Waals surface area contributed by atoms with Crippen molar-refractivity contribution in [1.82, 2.24) is 0 Å². The second-order valence-electron chi connectivity index (χ2n) is 4.91. The highest BCUT2D eigenvalue weighted by Gasteiger charge is 1.99. The Kier molecular flexibility index (Phi) is 6.17. The molecular weight excluding hydrogens is 306 g/mol. The second kappa shape index (κ2) is 8.56. The first-order chi connectivity index (χ1) is 11.6. The standard InChI is InChI=1S/C21H16F2O/c1-3-16-4-6-17(7-5-16)10-14-20(22)21(23)15-11-18-8-12-19(24-2)13-9-18/h4-9,12-13H,3H2,1-2H3. The van der Waals surface area contributed by atoms with E-state index in [1.165, 1.54) is 0 Å². The van der Waals surface area contributed by atoms with Gasteiger partial charge in [-0.05, 0) is 60.2 Å². The second-order valence-corrected chi connectivity index (χ2v) is 4.91. The van der Waals surface area contributed by atoms with Gasteiger partial charge in [-0.1, -0.05) is 30.9 Å². The van der Waals surface area contributed by atoms with Crippen LogP contribution in [-0.4, -0.2) is 7.11 Å². The lowest BCUT2D eigenvalue weighted by atomic mass is 10.1. The Morgan fingerprint density at radius 3 is 1.71 bits per heavy atom. The van der Waals surface area contributed by atoms with Crippen molar-refractivity contribution >= 4 is 0 Å². The first kappa shape index (κ1) is 17.3. The highest BCUT2D eigenvalue weighted by Crippen LogP contribution is 2.11. The lowest BCUT2D eigenvalue weighted by Gasteiger charge is -1.97. The van der Waals surface area contributed by atoms with Crippen LogP contribution in [0.3, 0.4) is 0 Å². The summed E-state index contributed by atoms with van der Waals surface area (Å²) in [4.78, 5) is 0. The number of halogens is 2. The Hall–Kier alpha value is -3.04. The summed E-state index contributed by atoms with van der Waals surface area (Å²) in [5, 5.41) is 0. The van der Waals surface area contributed by atoms with Crippen LogP contribution in [0.5, 0.6) is 5.75 Å². The van der Waals surface area contributed by atoms with Crippen LogP contribution in [-0.2, 0) is 6.42 Å². The summed E-state index contributed by atoms with van der Waals surface area (Å²) >= 11 is 0. The smallest absolute Gasteiger partial charge is 0.217 e. The van der Waals surface area contributed by atoms with Crippen LogP contribution in [0, 0.1) is 23.7 Å². The van der Waals surface area contributed by atoms with E-state index in [2.05, 4.69) is 23.7 Å². The number of allylic oxidation sites excluding steroid dienone is 2. The van der Waals surface area contributed by atoms with Gasteiger partial charge in [-0.3, -0.25) is 0 Å². The molecular formula is C21H16F2O. The summed E-state index contributed by atoms with van der Waals surface area (Å²) in [6.07, 6.45) is 0.914. The lowest BCUT2D eigenvalue weighted by molar-refractivity contribution is 0.415. The van der Waals surface area contributed by atoms with E-state index < -0.39 is 11.7 Å². The maximum Gasteiger partial charge on any atom is 0.217 e. The van der Waals surface area contributed by atoms with E-state index in [-0.39, 0.29) is 0 Å². The van der Waals surface area contributed by atoms with E-state index in [0.717, 1.165) is 12.0 Å². The third kappa shape index (κ3) is 5.00. The quantitative estimate of drug-likeness (QED) is 0.721. The molecule has 0 saturated carbocycles. The van der Waals surface area contributed by atoms with Gasteiger partial charge in [-0.25, -0.2) is 0 Å². The van der Waals surface area contributed by atoms with Crippen molar-refractivity contribution in [3.05, 3.63) is 76.9 Å². The average Bonchev–Trinajstić information content (AvgIpc) is 2.64. The molecule has 0 amide bonds. The third-order valence-corrected chi connectivity index (χ3v) is 3.28. The van der Waals surface area contributed by atoms with Gasteiger partial charge in [-0.15, -0.1) is 0 Å². The van der Waals surface area contributed by atoms with Crippen LogP contribution < -0.4 is 4.74 Å². The minimum Gasteiger partial charge on any atom is -0.497 e. The van der Waals surface area contributed by atoms with E-state index in [9.17, 15) is 8.78 Å². The predicted octanol–water partition coefficient (Wildman–Crippen LogP) is 4.81. The van der Waals surface area contributed by atoms with Crippen LogP contribution in [0.1, 0.15) is 23.6 Å². The maximum atomic E-state index is 13.7. The molecule has 0 fully saturated rings. The van der Waals surface area contributed by atoms with Crippen molar-refractivity contribution in [1.29, 1.82) is 0 Å². The van der Waals surface area contributed by atoms with Gasteiger partial charge in [0.25, 0.3) is 0 Å². The van der Waals surface area contributed by atoms with Crippen LogP contribution in [0.25, 0.3) is 0 Å². The molecule has 1 nitrogen and oxygen atoms in total. The number of hydrogen-bond donors (Lipinski definition) is 0. The molecule has 0 atom stereocenters. The van der Waals surface area contributed by atoms with Gasteiger partial charge in [-0.2, -0.15) is 8.78 Å². The fraction of sp³-hybridized carbons (Fsp3) is 0.143. The SMILES string of the molecule is CCc1ccc(C#CC(F)=C(F)C#Cc2ccc(OC)cc2)cc1. The van der Waals surface area contributed by atoms with Crippen LogP contribution >= 0.6 is 0 Å². The number of hydrogen-bond acceptors (Lipinski definition) is 1. The van der Waals surface area contributed by atoms with Crippen LogP contribution in [0.2, 0.25) is 0 Å². The summed E-state index contributed by atoms with van der Waals surface area (Å²) in [5.74, 6) is 7.74. The molecule has 120 valence electrons. The molecule has 0 saturated heterocycles. The largest absolute Gasteiger partial charge is 0.497 e. The van der Waals surface area contributed by atoms with Crippen molar-refractivity contribution < 1.29 is 13.5 Å². The van der Waals surface area contributed by atoms with Crippen molar-refractivity contribution in [3.63, 3.8) is 0 Å². The molecule has 0 aliphatic rings. The van der Waals surface area contributed by atoms with Gasteiger partial charge in [0.2, 0.25) is 11.7 Å². The monoisotopic (exact) mass is 322 g/mol. The molecule has 24 heavy (non-hydrogen) atoms. The lowest BCUT2D eigenvalue weighted by Crippen LogP contribution is -1.82.